The minimum Gasteiger partial charge on any atom is -0.481 e. The Hall–Kier alpha value is -3.16. The highest BCUT2D eigenvalue weighted by Gasteiger charge is 2.38. The fraction of sp³-hybridized carbons (Fsp3) is 0.308. The summed E-state index contributed by atoms with van der Waals surface area (Å²) in [5, 5.41) is 22.0. The fourth-order valence-corrected chi connectivity index (χ4v) is 1.09. The van der Waals surface area contributed by atoms with Crippen molar-refractivity contribution in [1.29, 1.82) is 0 Å². The Balaban J connectivity index is 0.000000640. The third-order valence-electron chi connectivity index (χ3n) is 2.18. The van der Waals surface area contributed by atoms with Crippen LogP contribution < -0.4 is 10.00 Å². The SMILES string of the molecule is C#CCNC(=O)c1cc[n+](CCC(=O)O)nc1.O=C(O)C(F)(F)F. The van der Waals surface area contributed by atoms with Crippen LogP contribution in [0.15, 0.2) is 18.5 Å². The maximum Gasteiger partial charge on any atom is 0.490 e. The molecule has 1 aromatic heterocycles. The van der Waals surface area contributed by atoms with E-state index in [2.05, 4.69) is 16.3 Å². The molecule has 0 aromatic carbocycles. The summed E-state index contributed by atoms with van der Waals surface area (Å²) in [6.07, 6.45) is 2.83. The molecule has 0 saturated heterocycles. The Morgan fingerprint density at radius 3 is 2.29 bits per heavy atom. The standard InChI is InChI=1S/C11H11N3O3.C2HF3O2/c1-2-5-12-11(17)9-3-6-14(13-8-9)7-4-10(15)16;3-2(4,5)1(6)7/h1,3,6,8H,4-5,7H2,(H-,12,15,16,17);(H,6,7)/p+1. The first-order chi connectivity index (χ1) is 11.1. The topological polar surface area (TPSA) is 120 Å². The van der Waals surface area contributed by atoms with Crippen LogP contribution in [0, 0.1) is 12.3 Å². The molecule has 0 aliphatic carbocycles. The Labute approximate surface area is 133 Å². The Morgan fingerprint density at radius 1 is 1.33 bits per heavy atom. The molecule has 0 fully saturated rings. The van der Waals surface area contributed by atoms with Gasteiger partial charge in [0.15, 0.2) is 12.7 Å². The van der Waals surface area contributed by atoms with Gasteiger partial charge in [-0.3, -0.25) is 9.59 Å². The summed E-state index contributed by atoms with van der Waals surface area (Å²) in [4.78, 5) is 30.7. The van der Waals surface area contributed by atoms with Gasteiger partial charge in [0.1, 0.15) is 12.6 Å². The van der Waals surface area contributed by atoms with Gasteiger partial charge in [-0.2, -0.15) is 13.2 Å². The molecule has 1 aromatic rings. The van der Waals surface area contributed by atoms with E-state index in [1.165, 1.54) is 10.9 Å². The first kappa shape index (κ1) is 20.8. The molecule has 0 unspecified atom stereocenters. The number of nitrogens with zero attached hydrogens (tertiary/aromatic N) is 2. The van der Waals surface area contributed by atoms with Crippen LogP contribution in [-0.2, 0) is 16.1 Å². The number of carboxylic acid groups (broad SMARTS) is 2. The van der Waals surface area contributed by atoms with Gasteiger partial charge in [0.2, 0.25) is 0 Å². The number of halogens is 3. The van der Waals surface area contributed by atoms with E-state index in [9.17, 15) is 22.8 Å². The molecule has 0 spiro atoms. The molecule has 0 radical (unpaired) electrons. The normalized spacial score (nSPS) is 9.92. The largest absolute Gasteiger partial charge is 0.490 e. The van der Waals surface area contributed by atoms with Gasteiger partial charge < -0.3 is 15.5 Å². The van der Waals surface area contributed by atoms with E-state index in [0.29, 0.717) is 5.56 Å². The molecule has 3 N–H and O–H groups in total. The van der Waals surface area contributed by atoms with E-state index in [0.717, 1.165) is 0 Å². The van der Waals surface area contributed by atoms with Crippen LogP contribution in [0.4, 0.5) is 13.2 Å². The molecule has 130 valence electrons. The van der Waals surface area contributed by atoms with Crippen LogP contribution in [0.2, 0.25) is 0 Å². The van der Waals surface area contributed by atoms with Crippen molar-refractivity contribution in [3.8, 4) is 12.3 Å². The van der Waals surface area contributed by atoms with Gasteiger partial charge in [-0.1, -0.05) is 10.6 Å². The molecule has 8 nitrogen and oxygen atoms in total. The second kappa shape index (κ2) is 9.78. The third kappa shape index (κ3) is 8.98. The van der Waals surface area contributed by atoms with Crippen LogP contribution in [0.1, 0.15) is 16.8 Å². The van der Waals surface area contributed by atoms with Gasteiger partial charge >= 0.3 is 18.1 Å². The highest BCUT2D eigenvalue weighted by Crippen LogP contribution is 2.13. The number of carbonyl (C=O) groups is 3. The van der Waals surface area contributed by atoms with Crippen LogP contribution in [0.25, 0.3) is 0 Å². The average molecular weight is 348 g/mol. The van der Waals surface area contributed by atoms with Gasteiger partial charge in [-0.25, -0.2) is 4.79 Å². The lowest BCUT2D eigenvalue weighted by molar-refractivity contribution is -0.753. The van der Waals surface area contributed by atoms with E-state index in [4.69, 9.17) is 21.4 Å². The second-order valence-corrected chi connectivity index (χ2v) is 4.01. The van der Waals surface area contributed by atoms with Gasteiger partial charge in [0, 0.05) is 6.07 Å². The van der Waals surface area contributed by atoms with Crippen LogP contribution >= 0.6 is 0 Å². The smallest absolute Gasteiger partial charge is 0.481 e. The molecule has 1 amide bonds. The lowest BCUT2D eigenvalue weighted by Crippen LogP contribution is -2.39. The Kier molecular flexibility index (Phi) is 8.49. The molecule has 0 atom stereocenters. The Bertz CT molecular complexity index is 623. The molecular weight excluding hydrogens is 335 g/mol. The van der Waals surface area contributed by atoms with E-state index in [-0.39, 0.29) is 25.4 Å². The first-order valence-electron chi connectivity index (χ1n) is 6.17. The number of terminal acetylenes is 1. The first-order valence-corrected chi connectivity index (χ1v) is 6.17. The highest BCUT2D eigenvalue weighted by molar-refractivity contribution is 5.93. The predicted octanol–water partition coefficient (Wildman–Crippen LogP) is -0.160. The van der Waals surface area contributed by atoms with Crippen molar-refractivity contribution in [3.63, 3.8) is 0 Å². The molecule has 1 heterocycles. The van der Waals surface area contributed by atoms with Crippen molar-refractivity contribution >= 4 is 17.8 Å². The zero-order valence-corrected chi connectivity index (χ0v) is 12.1. The van der Waals surface area contributed by atoms with Gasteiger partial charge in [-0.15, -0.1) is 6.42 Å². The van der Waals surface area contributed by atoms with Crippen molar-refractivity contribution in [1.82, 2.24) is 10.4 Å². The highest BCUT2D eigenvalue weighted by atomic mass is 19.4. The number of rotatable bonds is 5. The van der Waals surface area contributed by atoms with Crippen molar-refractivity contribution < 1.29 is 42.4 Å². The summed E-state index contributed by atoms with van der Waals surface area (Å²) in [5.74, 6) is -1.67. The molecule has 24 heavy (non-hydrogen) atoms. The van der Waals surface area contributed by atoms with E-state index in [1.54, 1.807) is 12.3 Å². The number of aromatic nitrogens is 2. The minimum absolute atomic E-state index is 0.0136. The Morgan fingerprint density at radius 2 is 1.92 bits per heavy atom. The monoisotopic (exact) mass is 348 g/mol. The van der Waals surface area contributed by atoms with Crippen molar-refractivity contribution in [2.45, 2.75) is 19.1 Å². The lowest BCUT2D eigenvalue weighted by atomic mass is 10.3. The maximum absolute atomic E-state index is 11.4. The molecule has 1 rings (SSSR count). The van der Waals surface area contributed by atoms with Gasteiger partial charge in [0.05, 0.1) is 12.1 Å². The summed E-state index contributed by atoms with van der Waals surface area (Å²) in [5.41, 5.74) is 0.381. The molecule has 11 heteroatoms. The number of hydrogen-bond acceptors (Lipinski definition) is 4. The number of nitrogens with one attached hydrogen (secondary N) is 1. The molecular formula is C13H13F3N3O5+. The zero-order valence-electron chi connectivity index (χ0n) is 12.1. The van der Waals surface area contributed by atoms with Crippen molar-refractivity contribution in [3.05, 3.63) is 24.0 Å². The van der Waals surface area contributed by atoms with Gasteiger partial charge in [-0.05, 0) is 5.10 Å². The number of aryl methyl sites for hydroxylation is 1. The van der Waals surface area contributed by atoms with Crippen molar-refractivity contribution in [2.24, 2.45) is 0 Å². The number of aliphatic carboxylic acids is 2. The van der Waals surface area contributed by atoms with E-state index >= 15 is 0 Å². The molecule has 0 saturated carbocycles. The summed E-state index contributed by atoms with van der Waals surface area (Å²) >= 11 is 0. The van der Waals surface area contributed by atoms with Crippen LogP contribution in [0.5, 0.6) is 0 Å². The zero-order chi connectivity index (χ0) is 18.8. The second-order valence-electron chi connectivity index (χ2n) is 4.01. The average Bonchev–Trinajstić information content (AvgIpc) is 2.50. The number of alkyl halides is 3. The molecule has 0 aliphatic heterocycles. The lowest BCUT2D eigenvalue weighted by Gasteiger charge is -1.99. The minimum atomic E-state index is -5.08. The predicted molar refractivity (Wildman–Crippen MR) is 71.5 cm³/mol. The fourth-order valence-electron chi connectivity index (χ4n) is 1.09. The number of carboxylic acids is 2. The number of carbonyl (C=O) groups excluding carboxylic acids is 1. The van der Waals surface area contributed by atoms with E-state index < -0.39 is 18.1 Å². The summed E-state index contributed by atoms with van der Waals surface area (Å²) in [6.45, 7) is 0.425. The maximum atomic E-state index is 11.4. The quantitative estimate of drug-likeness (QED) is 0.502. The van der Waals surface area contributed by atoms with Crippen LogP contribution in [-0.4, -0.2) is 45.9 Å². The van der Waals surface area contributed by atoms with Crippen LogP contribution in [0.3, 0.4) is 0 Å². The summed E-state index contributed by atoms with van der Waals surface area (Å²) < 4.78 is 33.2. The summed E-state index contributed by atoms with van der Waals surface area (Å²) in [7, 11) is 0. The molecule has 0 bridgehead atoms. The summed E-state index contributed by atoms with van der Waals surface area (Å²) in [6, 6.07) is 1.56. The van der Waals surface area contributed by atoms with Crippen molar-refractivity contribution in [2.75, 3.05) is 6.54 Å². The third-order valence-corrected chi connectivity index (χ3v) is 2.18. The van der Waals surface area contributed by atoms with Gasteiger partial charge in [0.25, 0.3) is 5.91 Å². The number of amides is 1. The molecule has 0 aliphatic rings. The number of hydrogen-bond donors (Lipinski definition) is 3. The van der Waals surface area contributed by atoms with E-state index in [1.807, 2.05) is 0 Å².